The molecular weight excluding hydrogens is 418 g/mol. The molecule has 2 heterocycles. The van der Waals surface area contributed by atoms with Gasteiger partial charge in [0, 0.05) is 19.9 Å². The molecule has 3 aromatic rings. The lowest BCUT2D eigenvalue weighted by Gasteiger charge is -2.29. The first-order chi connectivity index (χ1) is 16.0. The summed E-state index contributed by atoms with van der Waals surface area (Å²) < 4.78 is 6.73. The van der Waals surface area contributed by atoms with Gasteiger partial charge in [0.1, 0.15) is 0 Å². The molecular formula is C25H31N5O3. The molecule has 3 N–H and O–H groups in total. The lowest BCUT2D eigenvalue weighted by atomic mass is 9.98. The van der Waals surface area contributed by atoms with Gasteiger partial charge in [0.2, 0.25) is 5.88 Å². The van der Waals surface area contributed by atoms with Gasteiger partial charge in [0.05, 0.1) is 29.5 Å². The van der Waals surface area contributed by atoms with E-state index in [0.29, 0.717) is 23.6 Å². The molecule has 1 fully saturated rings. The zero-order valence-electron chi connectivity index (χ0n) is 19.4. The molecule has 8 nitrogen and oxygen atoms in total. The predicted molar refractivity (Wildman–Crippen MR) is 127 cm³/mol. The fourth-order valence-corrected chi connectivity index (χ4v) is 4.63. The van der Waals surface area contributed by atoms with E-state index in [2.05, 4.69) is 26.8 Å². The summed E-state index contributed by atoms with van der Waals surface area (Å²) in [6, 6.07) is 9.50. The van der Waals surface area contributed by atoms with Crippen molar-refractivity contribution < 1.29 is 14.6 Å². The monoisotopic (exact) mass is 449 g/mol. The van der Waals surface area contributed by atoms with Crippen LogP contribution >= 0.6 is 0 Å². The molecule has 0 radical (unpaired) electrons. The number of carbonyl (C=O) groups excluding carboxylic acids is 1. The normalized spacial score (nSPS) is 15.0. The van der Waals surface area contributed by atoms with Crippen molar-refractivity contribution in [3.8, 4) is 22.8 Å². The second-order valence-corrected chi connectivity index (χ2v) is 8.75. The second kappa shape index (κ2) is 9.72. The molecule has 1 aromatic carbocycles. The third-order valence-corrected chi connectivity index (χ3v) is 6.29. The summed E-state index contributed by atoms with van der Waals surface area (Å²) in [6.45, 7) is 3.30. The Kier molecular flexibility index (Phi) is 6.76. The zero-order chi connectivity index (χ0) is 23.4. The van der Waals surface area contributed by atoms with E-state index in [1.54, 1.807) is 25.4 Å². The van der Waals surface area contributed by atoms with Gasteiger partial charge in [-0.25, -0.2) is 4.98 Å². The van der Waals surface area contributed by atoms with Crippen LogP contribution in [0.2, 0.25) is 0 Å². The van der Waals surface area contributed by atoms with Gasteiger partial charge in [-0.2, -0.15) is 9.78 Å². The van der Waals surface area contributed by atoms with Gasteiger partial charge in [-0.3, -0.25) is 4.79 Å². The van der Waals surface area contributed by atoms with E-state index < -0.39 is 0 Å². The van der Waals surface area contributed by atoms with Crippen LogP contribution in [0.4, 0.5) is 0 Å². The van der Waals surface area contributed by atoms with Gasteiger partial charge in [0.15, 0.2) is 5.82 Å². The molecule has 2 aromatic heterocycles. The van der Waals surface area contributed by atoms with Gasteiger partial charge >= 0.3 is 0 Å². The van der Waals surface area contributed by atoms with E-state index in [-0.39, 0.29) is 17.3 Å². The van der Waals surface area contributed by atoms with Crippen molar-refractivity contribution in [2.45, 2.75) is 44.7 Å². The average Bonchev–Trinajstić information content (AvgIpc) is 3.41. The minimum atomic E-state index is -0.305. The number of carbonyl (C=O) groups is 1. The number of pyridine rings is 1. The summed E-state index contributed by atoms with van der Waals surface area (Å²) in [5, 5.41) is 21.5. The Morgan fingerprint density at radius 3 is 2.61 bits per heavy atom. The highest BCUT2D eigenvalue weighted by molar-refractivity contribution is 5.94. The van der Waals surface area contributed by atoms with Crippen LogP contribution < -0.4 is 10.6 Å². The predicted octanol–water partition coefficient (Wildman–Crippen LogP) is 3.36. The van der Waals surface area contributed by atoms with E-state index in [0.717, 1.165) is 43.4 Å². The molecule has 1 aliphatic rings. The zero-order valence-corrected chi connectivity index (χ0v) is 19.4. The highest BCUT2D eigenvalue weighted by Gasteiger charge is 2.35. The Bertz CT molecular complexity index is 1120. The van der Waals surface area contributed by atoms with Crippen LogP contribution in [0.3, 0.4) is 0 Å². The van der Waals surface area contributed by atoms with Gasteiger partial charge in [0.25, 0.3) is 5.91 Å². The lowest BCUT2D eigenvalue weighted by molar-refractivity contribution is 0.0767. The quantitative estimate of drug-likeness (QED) is 0.488. The summed E-state index contributed by atoms with van der Waals surface area (Å²) in [4.78, 5) is 17.2. The standard InChI is InChI=1S/C25H31N5O3/c1-17-12-18(13-26-2)6-8-20(17)21-15-28-30(24(21)32)22-9-7-19(14-27-22)23(31)29-25(16-33-3)10-4-5-11-25/h6-9,12,14-15,26,32H,4-5,10-11,13,16H2,1-3H3,(H,29,31). The third kappa shape index (κ3) is 4.77. The highest BCUT2D eigenvalue weighted by Crippen LogP contribution is 2.33. The maximum absolute atomic E-state index is 12.8. The fourth-order valence-electron chi connectivity index (χ4n) is 4.63. The number of benzene rings is 1. The number of nitrogens with one attached hydrogen (secondary N) is 2. The van der Waals surface area contributed by atoms with Crippen molar-refractivity contribution in [1.82, 2.24) is 25.4 Å². The van der Waals surface area contributed by atoms with E-state index >= 15 is 0 Å². The molecule has 0 atom stereocenters. The molecule has 33 heavy (non-hydrogen) atoms. The Hall–Kier alpha value is -3.23. The van der Waals surface area contributed by atoms with Crippen molar-refractivity contribution in [2.75, 3.05) is 20.8 Å². The van der Waals surface area contributed by atoms with Gasteiger partial charge in [-0.1, -0.05) is 31.0 Å². The minimum Gasteiger partial charge on any atom is -0.493 e. The van der Waals surface area contributed by atoms with Crippen LogP contribution in [0.25, 0.3) is 16.9 Å². The maximum Gasteiger partial charge on any atom is 0.253 e. The first kappa shape index (κ1) is 22.9. The maximum atomic E-state index is 12.8. The van der Waals surface area contributed by atoms with E-state index in [1.165, 1.54) is 16.4 Å². The number of aromatic nitrogens is 3. The number of hydrogen-bond donors (Lipinski definition) is 3. The van der Waals surface area contributed by atoms with Crippen molar-refractivity contribution in [3.05, 3.63) is 59.4 Å². The third-order valence-electron chi connectivity index (χ3n) is 6.29. The summed E-state index contributed by atoms with van der Waals surface area (Å²) in [5.74, 6) is 0.275. The van der Waals surface area contributed by atoms with Gasteiger partial charge < -0.3 is 20.5 Å². The lowest BCUT2D eigenvalue weighted by Crippen LogP contribution is -2.49. The molecule has 0 saturated heterocycles. The SMILES string of the molecule is CNCc1ccc(-c2cnn(-c3ccc(C(=O)NC4(COC)CCCC4)cn3)c2O)c(C)c1. The molecule has 0 bridgehead atoms. The molecule has 4 rings (SSSR count). The number of rotatable bonds is 8. The van der Waals surface area contributed by atoms with Crippen LogP contribution in [-0.2, 0) is 11.3 Å². The van der Waals surface area contributed by atoms with Crippen LogP contribution in [-0.4, -0.2) is 52.1 Å². The topological polar surface area (TPSA) is 101 Å². The Morgan fingerprint density at radius 2 is 1.97 bits per heavy atom. The Labute approximate surface area is 194 Å². The number of aryl methyl sites for hydroxylation is 1. The first-order valence-corrected chi connectivity index (χ1v) is 11.3. The van der Waals surface area contributed by atoms with E-state index in [9.17, 15) is 9.90 Å². The number of methoxy groups -OCH3 is 1. The number of aromatic hydroxyl groups is 1. The van der Waals surface area contributed by atoms with Crippen molar-refractivity contribution in [2.24, 2.45) is 0 Å². The number of amides is 1. The average molecular weight is 450 g/mol. The molecule has 1 aliphatic carbocycles. The van der Waals surface area contributed by atoms with E-state index in [4.69, 9.17) is 4.74 Å². The summed E-state index contributed by atoms with van der Waals surface area (Å²) >= 11 is 0. The summed E-state index contributed by atoms with van der Waals surface area (Å²) in [6.07, 6.45) is 7.14. The van der Waals surface area contributed by atoms with Crippen LogP contribution in [0.15, 0.2) is 42.7 Å². The van der Waals surface area contributed by atoms with Crippen LogP contribution in [0.1, 0.15) is 47.2 Å². The number of ether oxygens (including phenoxy) is 1. The molecule has 0 spiro atoms. The number of nitrogens with zero attached hydrogens (tertiary/aromatic N) is 3. The first-order valence-electron chi connectivity index (χ1n) is 11.3. The molecule has 1 saturated carbocycles. The van der Waals surface area contributed by atoms with Gasteiger partial charge in [-0.15, -0.1) is 0 Å². The van der Waals surface area contributed by atoms with Crippen molar-refractivity contribution >= 4 is 5.91 Å². The summed E-state index contributed by atoms with van der Waals surface area (Å²) in [5.41, 5.74) is 3.93. The smallest absolute Gasteiger partial charge is 0.253 e. The molecule has 8 heteroatoms. The molecule has 0 unspecified atom stereocenters. The molecule has 0 aliphatic heterocycles. The molecule has 174 valence electrons. The van der Waals surface area contributed by atoms with Crippen LogP contribution in [0.5, 0.6) is 5.88 Å². The second-order valence-electron chi connectivity index (χ2n) is 8.75. The minimum absolute atomic E-state index is 0.00849. The van der Waals surface area contributed by atoms with Crippen molar-refractivity contribution in [1.29, 1.82) is 0 Å². The fraction of sp³-hybridized carbons (Fsp3) is 0.400. The van der Waals surface area contributed by atoms with Crippen molar-refractivity contribution in [3.63, 3.8) is 0 Å². The highest BCUT2D eigenvalue weighted by atomic mass is 16.5. The molecule has 1 amide bonds. The van der Waals surface area contributed by atoms with Gasteiger partial charge in [-0.05, 0) is 55.6 Å². The largest absolute Gasteiger partial charge is 0.493 e. The number of hydrogen-bond acceptors (Lipinski definition) is 6. The van der Waals surface area contributed by atoms with E-state index in [1.807, 2.05) is 26.1 Å². The Morgan fingerprint density at radius 1 is 1.18 bits per heavy atom. The Balaban J connectivity index is 1.53. The van der Waals surface area contributed by atoms with Crippen LogP contribution in [0, 0.1) is 6.92 Å². The summed E-state index contributed by atoms with van der Waals surface area (Å²) in [7, 11) is 3.57.